The molecule has 1 atom stereocenters. The van der Waals surface area contributed by atoms with Crippen LogP contribution in [0.3, 0.4) is 0 Å². The largest absolute Gasteiger partial charge is 0.496 e. The maximum Gasteiger partial charge on any atom is 0.261 e. The fourth-order valence-electron chi connectivity index (χ4n) is 2.39. The summed E-state index contributed by atoms with van der Waals surface area (Å²) in [6.07, 6.45) is 0.803. The zero-order chi connectivity index (χ0) is 20.9. The Hall–Kier alpha value is -2.51. The predicted octanol–water partition coefficient (Wildman–Crippen LogP) is 3.83. The molecule has 0 saturated carbocycles. The number of carbonyl (C=O) groups excluding carboxylic acids is 1. The molecule has 2 N–H and O–H groups in total. The maximum absolute atomic E-state index is 12.7. The van der Waals surface area contributed by atoms with Crippen molar-refractivity contribution in [2.75, 3.05) is 7.11 Å². The van der Waals surface area contributed by atoms with E-state index in [2.05, 4.69) is 16.6 Å². The average Bonchev–Trinajstić information content (AvgIpc) is 2.67. The van der Waals surface area contributed by atoms with Gasteiger partial charge in [-0.2, -0.15) is 0 Å². The summed E-state index contributed by atoms with van der Waals surface area (Å²) in [5.41, 5.74) is 0.940. The molecule has 0 bridgehead atoms. The molecule has 6 nitrogen and oxygen atoms in total. The number of ether oxygens (including phenoxy) is 1. The predicted molar refractivity (Wildman–Crippen MR) is 111 cm³/mol. The number of rotatable bonds is 8. The van der Waals surface area contributed by atoms with Crippen molar-refractivity contribution in [3.8, 4) is 5.75 Å². The first kappa shape index (κ1) is 21.8. The molecule has 0 fully saturated rings. The molecule has 0 aliphatic heterocycles. The normalized spacial score (nSPS) is 12.1. The quantitative estimate of drug-likeness (QED) is 0.677. The molecule has 2 aromatic rings. The van der Waals surface area contributed by atoms with E-state index in [9.17, 15) is 13.2 Å². The van der Waals surface area contributed by atoms with E-state index in [1.807, 2.05) is 13.8 Å². The van der Waals surface area contributed by atoms with Crippen LogP contribution in [0.25, 0.3) is 5.70 Å². The molecular weight excluding hydrogens is 400 g/mol. The molecule has 8 heteroatoms. The first-order valence-electron chi connectivity index (χ1n) is 8.64. The lowest BCUT2D eigenvalue weighted by Crippen LogP contribution is -2.31. The van der Waals surface area contributed by atoms with Crippen LogP contribution < -0.4 is 14.8 Å². The zero-order valence-electron chi connectivity index (χ0n) is 16.0. The second kappa shape index (κ2) is 9.12. The van der Waals surface area contributed by atoms with Crippen LogP contribution in [0.15, 0.2) is 53.9 Å². The van der Waals surface area contributed by atoms with Gasteiger partial charge in [0.15, 0.2) is 0 Å². The number of carbonyl (C=O) groups is 1. The van der Waals surface area contributed by atoms with Crippen LogP contribution >= 0.6 is 11.6 Å². The highest BCUT2D eigenvalue weighted by atomic mass is 35.5. The summed E-state index contributed by atoms with van der Waals surface area (Å²) < 4.78 is 33.0. The second-order valence-corrected chi connectivity index (χ2v) is 8.35. The molecule has 0 radical (unpaired) electrons. The Kier molecular flexibility index (Phi) is 7.10. The van der Waals surface area contributed by atoms with E-state index in [1.54, 1.807) is 18.2 Å². The highest BCUT2D eigenvalue weighted by Crippen LogP contribution is 2.28. The smallest absolute Gasteiger partial charge is 0.261 e. The summed E-state index contributed by atoms with van der Waals surface area (Å²) in [5, 5.41) is 3.26. The summed E-state index contributed by atoms with van der Waals surface area (Å²) in [5.74, 6) is 0.188. The summed E-state index contributed by atoms with van der Waals surface area (Å²) in [4.78, 5) is 12.1. The third kappa shape index (κ3) is 5.27. The van der Waals surface area contributed by atoms with Gasteiger partial charge in [-0.05, 0) is 55.8 Å². The van der Waals surface area contributed by atoms with Gasteiger partial charge in [-0.1, -0.05) is 25.1 Å². The van der Waals surface area contributed by atoms with Gasteiger partial charge in [0, 0.05) is 22.2 Å². The topological polar surface area (TPSA) is 84.5 Å². The lowest BCUT2D eigenvalue weighted by Gasteiger charge is -2.15. The number of sulfonamides is 1. The van der Waals surface area contributed by atoms with Crippen molar-refractivity contribution in [1.82, 2.24) is 10.0 Å². The van der Waals surface area contributed by atoms with Gasteiger partial charge in [-0.3, -0.25) is 9.52 Å². The Morgan fingerprint density at radius 1 is 1.21 bits per heavy atom. The van der Waals surface area contributed by atoms with Crippen molar-refractivity contribution in [2.45, 2.75) is 31.2 Å². The van der Waals surface area contributed by atoms with Crippen LogP contribution in [0.4, 0.5) is 0 Å². The molecule has 1 unspecified atom stereocenters. The van der Waals surface area contributed by atoms with Gasteiger partial charge in [-0.15, -0.1) is 0 Å². The molecule has 0 aliphatic rings. The number of amides is 1. The van der Waals surface area contributed by atoms with E-state index in [0.717, 1.165) is 6.42 Å². The van der Waals surface area contributed by atoms with Gasteiger partial charge in [-0.25, -0.2) is 8.42 Å². The number of halogens is 1. The van der Waals surface area contributed by atoms with Gasteiger partial charge in [0.05, 0.1) is 17.7 Å². The molecule has 2 rings (SSSR count). The van der Waals surface area contributed by atoms with Crippen molar-refractivity contribution < 1.29 is 17.9 Å². The standard InChI is InChI=1S/C20H23ClN2O4S/c1-5-13(2)22-20(24)15-6-9-17(10-7-15)28(25,26)23-14(3)18-12-16(21)8-11-19(18)27-4/h6-13,23H,3,5H2,1-2,4H3,(H,22,24). The van der Waals surface area contributed by atoms with E-state index < -0.39 is 10.0 Å². The molecular formula is C20H23ClN2O4S. The minimum absolute atomic E-state index is 0.00901. The van der Waals surface area contributed by atoms with Crippen LogP contribution in [0, 0.1) is 0 Å². The van der Waals surface area contributed by atoms with E-state index in [1.165, 1.54) is 31.4 Å². The Labute approximate surface area is 170 Å². The van der Waals surface area contributed by atoms with Crippen LogP contribution in [-0.2, 0) is 10.0 Å². The molecule has 0 aliphatic carbocycles. The molecule has 28 heavy (non-hydrogen) atoms. The van der Waals surface area contributed by atoms with E-state index >= 15 is 0 Å². The van der Waals surface area contributed by atoms with Crippen LogP contribution in [0.1, 0.15) is 36.2 Å². The summed E-state index contributed by atoms with van der Waals surface area (Å²) in [6.45, 7) is 7.65. The highest BCUT2D eigenvalue weighted by Gasteiger charge is 2.18. The van der Waals surface area contributed by atoms with Crippen LogP contribution in [0.5, 0.6) is 5.75 Å². The Balaban J connectivity index is 2.20. The molecule has 2 aromatic carbocycles. The fraction of sp³-hybridized carbons (Fsp3) is 0.250. The second-order valence-electron chi connectivity index (χ2n) is 6.24. The zero-order valence-corrected chi connectivity index (χ0v) is 17.5. The Morgan fingerprint density at radius 2 is 1.86 bits per heavy atom. The van der Waals surface area contributed by atoms with Crippen molar-refractivity contribution >= 4 is 33.2 Å². The fourth-order valence-corrected chi connectivity index (χ4v) is 3.61. The minimum atomic E-state index is -3.90. The van der Waals surface area contributed by atoms with Crippen molar-refractivity contribution in [3.63, 3.8) is 0 Å². The lowest BCUT2D eigenvalue weighted by atomic mass is 10.1. The van der Waals surface area contributed by atoms with Crippen molar-refractivity contribution in [2.24, 2.45) is 0 Å². The maximum atomic E-state index is 12.7. The third-order valence-corrected chi connectivity index (χ3v) is 5.80. The molecule has 0 heterocycles. The SMILES string of the molecule is C=C(NS(=O)(=O)c1ccc(C(=O)NC(C)CC)cc1)c1cc(Cl)ccc1OC. The molecule has 0 saturated heterocycles. The Bertz CT molecular complexity index is 972. The first-order valence-corrected chi connectivity index (χ1v) is 10.5. The highest BCUT2D eigenvalue weighted by molar-refractivity contribution is 7.89. The summed E-state index contributed by atoms with van der Waals surface area (Å²) >= 11 is 5.99. The number of methoxy groups -OCH3 is 1. The molecule has 0 aromatic heterocycles. The monoisotopic (exact) mass is 422 g/mol. The minimum Gasteiger partial charge on any atom is -0.496 e. The third-order valence-electron chi connectivity index (χ3n) is 4.16. The molecule has 150 valence electrons. The van der Waals surface area contributed by atoms with Crippen LogP contribution in [-0.4, -0.2) is 27.5 Å². The van der Waals surface area contributed by atoms with Gasteiger partial charge in [0.25, 0.3) is 15.9 Å². The number of hydrogen-bond acceptors (Lipinski definition) is 4. The Morgan fingerprint density at radius 3 is 2.43 bits per heavy atom. The number of benzene rings is 2. The van der Waals surface area contributed by atoms with E-state index in [4.69, 9.17) is 16.3 Å². The first-order chi connectivity index (χ1) is 13.2. The lowest BCUT2D eigenvalue weighted by molar-refractivity contribution is 0.0939. The summed E-state index contributed by atoms with van der Waals surface area (Å²) in [7, 11) is -2.43. The van der Waals surface area contributed by atoms with Gasteiger partial charge in [0.2, 0.25) is 0 Å². The summed E-state index contributed by atoms with van der Waals surface area (Å²) in [6, 6.07) is 10.5. The van der Waals surface area contributed by atoms with E-state index in [0.29, 0.717) is 21.9 Å². The van der Waals surface area contributed by atoms with Gasteiger partial charge >= 0.3 is 0 Å². The van der Waals surface area contributed by atoms with Crippen LogP contribution in [0.2, 0.25) is 5.02 Å². The van der Waals surface area contributed by atoms with Crippen molar-refractivity contribution in [1.29, 1.82) is 0 Å². The van der Waals surface area contributed by atoms with Crippen molar-refractivity contribution in [3.05, 3.63) is 65.2 Å². The molecule has 1 amide bonds. The van der Waals surface area contributed by atoms with Gasteiger partial charge in [0.1, 0.15) is 5.75 Å². The molecule has 0 spiro atoms. The number of hydrogen-bond donors (Lipinski definition) is 2. The average molecular weight is 423 g/mol. The van der Waals surface area contributed by atoms with E-state index in [-0.39, 0.29) is 22.5 Å². The number of nitrogens with one attached hydrogen (secondary N) is 2. The van der Waals surface area contributed by atoms with Gasteiger partial charge < -0.3 is 10.1 Å².